The lowest BCUT2D eigenvalue weighted by Gasteiger charge is -1.98. The molecule has 0 aliphatic carbocycles. The monoisotopic (exact) mass is 178 g/mol. The van der Waals surface area contributed by atoms with E-state index in [1.165, 1.54) is 0 Å². The molecule has 68 valence electrons. The fourth-order valence-electron chi connectivity index (χ4n) is 0.855. The number of carbonyl (C=O) groups is 1. The van der Waals surface area contributed by atoms with Crippen molar-refractivity contribution in [2.24, 2.45) is 10.9 Å². The van der Waals surface area contributed by atoms with Crippen molar-refractivity contribution in [3.05, 3.63) is 35.4 Å². The Hall–Kier alpha value is -1.84. The van der Waals surface area contributed by atoms with Gasteiger partial charge in [0, 0.05) is 5.56 Å². The van der Waals surface area contributed by atoms with E-state index in [0.717, 1.165) is 11.1 Å². The molecule has 0 saturated heterocycles. The van der Waals surface area contributed by atoms with Gasteiger partial charge in [-0.25, -0.2) is 0 Å². The highest BCUT2D eigenvalue weighted by atomic mass is 16.7. The fourth-order valence-corrected chi connectivity index (χ4v) is 0.855. The third-order valence-electron chi connectivity index (χ3n) is 1.54. The Morgan fingerprint density at radius 3 is 2.62 bits per heavy atom. The van der Waals surface area contributed by atoms with Crippen LogP contribution in [-0.2, 0) is 9.63 Å². The predicted octanol–water partition coefficient (Wildman–Crippen LogP) is 0.788. The molecule has 0 atom stereocenters. The van der Waals surface area contributed by atoms with E-state index >= 15 is 0 Å². The summed E-state index contributed by atoms with van der Waals surface area (Å²) in [4.78, 5) is 14.0. The van der Waals surface area contributed by atoms with E-state index in [1.54, 1.807) is 0 Å². The highest BCUT2D eigenvalue weighted by molar-refractivity contribution is 5.97. The van der Waals surface area contributed by atoms with Gasteiger partial charge in [-0.1, -0.05) is 35.0 Å². The summed E-state index contributed by atoms with van der Waals surface area (Å²) in [5, 5.41) is 3.37. The number of aryl methyl sites for hydroxylation is 1. The number of nitrogens with zero attached hydrogens (tertiary/aromatic N) is 1. The average Bonchev–Trinajstić information content (AvgIpc) is 2.15. The molecule has 0 radical (unpaired) electrons. The maximum absolute atomic E-state index is 9.81. The fraction of sp³-hybridized carbons (Fsp3) is 0.111. The number of benzene rings is 1. The first-order valence-electron chi connectivity index (χ1n) is 3.74. The van der Waals surface area contributed by atoms with E-state index in [2.05, 4.69) is 9.99 Å². The molecule has 1 aromatic rings. The number of carbonyl (C=O) groups excluding carboxylic acids is 1. The second kappa shape index (κ2) is 4.25. The maximum Gasteiger partial charge on any atom is 0.323 e. The van der Waals surface area contributed by atoms with Crippen LogP contribution in [0, 0.1) is 6.92 Å². The molecular weight excluding hydrogens is 168 g/mol. The molecule has 2 N–H and O–H groups in total. The highest BCUT2D eigenvalue weighted by Crippen LogP contribution is 2.02. The maximum atomic E-state index is 9.81. The normalized spacial score (nSPS) is 11.0. The third kappa shape index (κ3) is 2.59. The van der Waals surface area contributed by atoms with Gasteiger partial charge in [0.1, 0.15) is 0 Å². The SMILES string of the molecule is Cc1ccc(/C(N)=N/OC=O)cc1. The Morgan fingerprint density at radius 1 is 1.46 bits per heavy atom. The average molecular weight is 178 g/mol. The van der Waals surface area contributed by atoms with E-state index < -0.39 is 0 Å². The smallest absolute Gasteiger partial charge is 0.323 e. The molecule has 0 aliphatic heterocycles. The molecule has 4 heteroatoms. The first kappa shape index (κ1) is 9.25. The van der Waals surface area contributed by atoms with Crippen LogP contribution in [0.15, 0.2) is 29.4 Å². The van der Waals surface area contributed by atoms with Crippen molar-refractivity contribution in [3.8, 4) is 0 Å². The van der Waals surface area contributed by atoms with Crippen molar-refractivity contribution in [3.63, 3.8) is 0 Å². The van der Waals surface area contributed by atoms with Gasteiger partial charge < -0.3 is 10.6 Å². The number of hydrogen-bond acceptors (Lipinski definition) is 3. The largest absolute Gasteiger partial charge is 0.380 e. The molecule has 0 amide bonds. The van der Waals surface area contributed by atoms with Gasteiger partial charge in [-0.3, -0.25) is 4.79 Å². The van der Waals surface area contributed by atoms with Crippen LogP contribution in [0.2, 0.25) is 0 Å². The third-order valence-corrected chi connectivity index (χ3v) is 1.54. The van der Waals surface area contributed by atoms with Crippen molar-refractivity contribution in [1.29, 1.82) is 0 Å². The van der Waals surface area contributed by atoms with Gasteiger partial charge in [0.25, 0.3) is 0 Å². The summed E-state index contributed by atoms with van der Waals surface area (Å²) < 4.78 is 0. The summed E-state index contributed by atoms with van der Waals surface area (Å²) in [7, 11) is 0. The van der Waals surface area contributed by atoms with Gasteiger partial charge in [0.2, 0.25) is 0 Å². The zero-order valence-corrected chi connectivity index (χ0v) is 7.23. The first-order valence-corrected chi connectivity index (χ1v) is 3.74. The zero-order valence-electron chi connectivity index (χ0n) is 7.23. The Labute approximate surface area is 76.0 Å². The molecule has 0 heterocycles. The molecule has 4 nitrogen and oxygen atoms in total. The summed E-state index contributed by atoms with van der Waals surface area (Å²) in [6.45, 7) is 2.19. The number of rotatable bonds is 3. The van der Waals surface area contributed by atoms with Gasteiger partial charge in [-0.2, -0.15) is 0 Å². The number of oxime groups is 1. The van der Waals surface area contributed by atoms with Gasteiger partial charge >= 0.3 is 6.47 Å². The van der Waals surface area contributed by atoms with Crippen molar-refractivity contribution in [2.75, 3.05) is 0 Å². The van der Waals surface area contributed by atoms with Gasteiger partial charge in [-0.05, 0) is 6.92 Å². The zero-order chi connectivity index (χ0) is 9.68. The van der Waals surface area contributed by atoms with Gasteiger partial charge in [-0.15, -0.1) is 0 Å². The number of amidine groups is 1. The number of nitrogens with two attached hydrogens (primary N) is 1. The van der Waals surface area contributed by atoms with Crippen LogP contribution in [0.5, 0.6) is 0 Å². The Bertz CT molecular complexity index is 317. The lowest BCUT2D eigenvalue weighted by molar-refractivity contribution is -0.128. The second-order valence-corrected chi connectivity index (χ2v) is 2.54. The van der Waals surface area contributed by atoms with E-state index in [9.17, 15) is 4.79 Å². The molecular formula is C9H10N2O2. The second-order valence-electron chi connectivity index (χ2n) is 2.54. The van der Waals surface area contributed by atoms with Crippen LogP contribution in [0.25, 0.3) is 0 Å². The van der Waals surface area contributed by atoms with Crippen LogP contribution in [0.3, 0.4) is 0 Å². The summed E-state index contributed by atoms with van der Waals surface area (Å²) >= 11 is 0. The Morgan fingerprint density at radius 2 is 2.08 bits per heavy atom. The van der Waals surface area contributed by atoms with Gasteiger partial charge in [0.15, 0.2) is 5.84 Å². The van der Waals surface area contributed by atoms with Crippen LogP contribution >= 0.6 is 0 Å². The standard InChI is InChI=1S/C9H10N2O2/c1-7-2-4-8(5-3-7)9(10)11-13-6-12/h2-6H,1H3,(H2,10,11). The molecule has 0 bridgehead atoms. The predicted molar refractivity (Wildman–Crippen MR) is 49.1 cm³/mol. The first-order chi connectivity index (χ1) is 6.24. The van der Waals surface area contributed by atoms with Crippen LogP contribution in [0.4, 0.5) is 0 Å². The van der Waals surface area contributed by atoms with E-state index in [0.29, 0.717) is 0 Å². The van der Waals surface area contributed by atoms with Crippen molar-refractivity contribution < 1.29 is 9.63 Å². The molecule has 1 rings (SSSR count). The Kier molecular flexibility index (Phi) is 3.03. The molecule has 0 saturated carbocycles. The molecule has 0 unspecified atom stereocenters. The molecule has 0 spiro atoms. The Balaban J connectivity index is 2.82. The van der Waals surface area contributed by atoms with Crippen LogP contribution in [0.1, 0.15) is 11.1 Å². The quantitative estimate of drug-likeness (QED) is 0.244. The molecule has 1 aromatic carbocycles. The summed E-state index contributed by atoms with van der Waals surface area (Å²) in [5.74, 6) is 0.187. The molecule has 0 aromatic heterocycles. The minimum atomic E-state index is 0.187. The van der Waals surface area contributed by atoms with Gasteiger partial charge in [0.05, 0.1) is 0 Å². The highest BCUT2D eigenvalue weighted by Gasteiger charge is 1.97. The van der Waals surface area contributed by atoms with E-state index in [1.807, 2.05) is 31.2 Å². The van der Waals surface area contributed by atoms with Crippen LogP contribution in [-0.4, -0.2) is 12.3 Å². The minimum absolute atomic E-state index is 0.187. The number of hydrogen-bond donors (Lipinski definition) is 1. The summed E-state index contributed by atoms with van der Waals surface area (Å²) in [6, 6.07) is 7.42. The minimum Gasteiger partial charge on any atom is -0.380 e. The van der Waals surface area contributed by atoms with Crippen molar-refractivity contribution in [2.45, 2.75) is 6.92 Å². The summed E-state index contributed by atoms with van der Waals surface area (Å²) in [5.41, 5.74) is 7.36. The van der Waals surface area contributed by atoms with Crippen molar-refractivity contribution >= 4 is 12.3 Å². The van der Waals surface area contributed by atoms with Crippen LogP contribution < -0.4 is 5.73 Å². The molecule has 13 heavy (non-hydrogen) atoms. The van der Waals surface area contributed by atoms with E-state index in [-0.39, 0.29) is 12.3 Å². The lowest BCUT2D eigenvalue weighted by atomic mass is 10.1. The molecule has 0 fully saturated rings. The lowest BCUT2D eigenvalue weighted by Crippen LogP contribution is -2.13. The topological polar surface area (TPSA) is 64.7 Å². The molecule has 0 aliphatic rings. The van der Waals surface area contributed by atoms with E-state index in [4.69, 9.17) is 5.73 Å². The summed E-state index contributed by atoms with van der Waals surface area (Å²) in [6.07, 6.45) is 0. The van der Waals surface area contributed by atoms with Crippen molar-refractivity contribution in [1.82, 2.24) is 0 Å².